The summed E-state index contributed by atoms with van der Waals surface area (Å²) >= 11 is 6.16. The van der Waals surface area contributed by atoms with Crippen LogP contribution in [0.1, 0.15) is 42.9 Å². The molecule has 1 fully saturated rings. The van der Waals surface area contributed by atoms with Crippen molar-refractivity contribution in [1.29, 1.82) is 0 Å². The summed E-state index contributed by atoms with van der Waals surface area (Å²) in [5.74, 6) is 0.765. The number of carbonyl (C=O) groups is 1. The molecule has 0 radical (unpaired) electrons. The zero-order valence-electron chi connectivity index (χ0n) is 14.8. The van der Waals surface area contributed by atoms with E-state index < -0.39 is 0 Å². The Kier molecular flexibility index (Phi) is 8.43. The molecule has 2 aromatic rings. The fourth-order valence-electron chi connectivity index (χ4n) is 3.43. The molecule has 1 unspecified atom stereocenters. The zero-order chi connectivity index (χ0) is 17.5. The second-order valence-corrected chi connectivity index (χ2v) is 7.13. The van der Waals surface area contributed by atoms with Crippen LogP contribution in [0.3, 0.4) is 0 Å². The summed E-state index contributed by atoms with van der Waals surface area (Å²) in [5, 5.41) is 7.26. The van der Waals surface area contributed by atoms with Gasteiger partial charge in [-0.2, -0.15) is 0 Å². The molecule has 3 nitrogen and oxygen atoms in total. The van der Waals surface area contributed by atoms with Crippen LogP contribution < -0.4 is 10.6 Å². The summed E-state index contributed by atoms with van der Waals surface area (Å²) in [6, 6.07) is 17.6. The summed E-state index contributed by atoms with van der Waals surface area (Å²) in [6.07, 6.45) is 3.88. The maximum atomic E-state index is 12.6. The minimum Gasteiger partial charge on any atom is -0.345 e. The van der Waals surface area contributed by atoms with Crippen LogP contribution >= 0.6 is 24.0 Å². The quantitative estimate of drug-likeness (QED) is 0.744. The van der Waals surface area contributed by atoms with Crippen molar-refractivity contribution < 1.29 is 4.79 Å². The lowest BCUT2D eigenvalue weighted by Gasteiger charge is -2.23. The van der Waals surface area contributed by atoms with Gasteiger partial charge in [0, 0.05) is 11.4 Å². The van der Waals surface area contributed by atoms with E-state index in [2.05, 4.69) is 10.6 Å². The van der Waals surface area contributed by atoms with E-state index >= 15 is 0 Å². The number of nitrogens with one attached hydrogen (secondary N) is 2. The molecule has 1 atom stereocenters. The molecular weight excluding hydrogens is 367 g/mol. The van der Waals surface area contributed by atoms with Crippen molar-refractivity contribution in [3.05, 3.63) is 70.7 Å². The van der Waals surface area contributed by atoms with E-state index in [1.165, 1.54) is 12.8 Å². The van der Waals surface area contributed by atoms with Crippen molar-refractivity contribution in [2.24, 2.45) is 5.92 Å². The van der Waals surface area contributed by atoms with Crippen molar-refractivity contribution >= 4 is 29.9 Å². The summed E-state index contributed by atoms with van der Waals surface area (Å²) in [5.41, 5.74) is 2.08. The lowest BCUT2D eigenvalue weighted by atomic mass is 9.92. The van der Waals surface area contributed by atoms with Gasteiger partial charge in [0.15, 0.2) is 0 Å². The average Bonchev–Trinajstić information content (AvgIpc) is 2.66. The van der Waals surface area contributed by atoms with Crippen molar-refractivity contribution in [2.75, 3.05) is 13.1 Å². The second kappa shape index (κ2) is 10.6. The SMILES string of the molecule is Cl.O=C(CCC1CCNCC1)NC(c1ccccc1)c1cccc(Cl)c1. The van der Waals surface area contributed by atoms with Crippen molar-refractivity contribution in [1.82, 2.24) is 10.6 Å². The standard InChI is InChI=1S/C21H25ClN2O.ClH/c22-19-8-4-7-18(15-19)21(17-5-2-1-3-6-17)24-20(25)10-9-16-11-13-23-14-12-16;/h1-8,15-16,21,23H,9-14H2,(H,24,25);1H. The van der Waals surface area contributed by atoms with E-state index in [-0.39, 0.29) is 24.4 Å². The van der Waals surface area contributed by atoms with E-state index in [0.29, 0.717) is 17.4 Å². The highest BCUT2D eigenvalue weighted by atomic mass is 35.5. The van der Waals surface area contributed by atoms with Crippen LogP contribution in [-0.4, -0.2) is 19.0 Å². The Hall–Kier alpha value is -1.55. The minimum atomic E-state index is -0.166. The molecule has 26 heavy (non-hydrogen) atoms. The van der Waals surface area contributed by atoms with Gasteiger partial charge in [0.1, 0.15) is 0 Å². The third kappa shape index (κ3) is 6.01. The maximum Gasteiger partial charge on any atom is 0.220 e. The number of piperidine rings is 1. The number of hydrogen-bond acceptors (Lipinski definition) is 2. The molecule has 2 N–H and O–H groups in total. The summed E-state index contributed by atoms with van der Waals surface area (Å²) in [6.45, 7) is 2.14. The number of benzene rings is 2. The third-order valence-electron chi connectivity index (χ3n) is 4.86. The van der Waals surface area contributed by atoms with E-state index in [0.717, 1.165) is 30.6 Å². The molecule has 1 amide bonds. The van der Waals surface area contributed by atoms with Gasteiger partial charge in [-0.05, 0) is 61.5 Å². The van der Waals surface area contributed by atoms with E-state index in [1.54, 1.807) is 0 Å². The number of amides is 1. The Morgan fingerprint density at radius 3 is 2.46 bits per heavy atom. The van der Waals surface area contributed by atoms with Crippen LogP contribution in [0.15, 0.2) is 54.6 Å². The number of hydrogen-bond donors (Lipinski definition) is 2. The van der Waals surface area contributed by atoms with Gasteiger partial charge in [0.25, 0.3) is 0 Å². The predicted octanol–water partition coefficient (Wildman–Crippen LogP) is 4.75. The van der Waals surface area contributed by atoms with Crippen LogP contribution in [0.2, 0.25) is 5.02 Å². The van der Waals surface area contributed by atoms with Crippen LogP contribution in [0.5, 0.6) is 0 Å². The molecule has 0 aromatic heterocycles. The highest BCUT2D eigenvalue weighted by Gasteiger charge is 2.19. The van der Waals surface area contributed by atoms with Gasteiger partial charge in [-0.3, -0.25) is 4.79 Å². The molecule has 1 aliphatic rings. The van der Waals surface area contributed by atoms with Crippen LogP contribution in [0.25, 0.3) is 0 Å². The Morgan fingerprint density at radius 2 is 1.77 bits per heavy atom. The monoisotopic (exact) mass is 392 g/mol. The first kappa shape index (κ1) is 20.8. The zero-order valence-corrected chi connectivity index (χ0v) is 16.4. The molecule has 1 saturated heterocycles. The van der Waals surface area contributed by atoms with Gasteiger partial charge in [-0.1, -0.05) is 54.1 Å². The summed E-state index contributed by atoms with van der Waals surface area (Å²) in [7, 11) is 0. The van der Waals surface area contributed by atoms with Gasteiger partial charge >= 0.3 is 0 Å². The summed E-state index contributed by atoms with van der Waals surface area (Å²) in [4.78, 5) is 12.6. The number of carbonyl (C=O) groups excluding carboxylic acids is 1. The fraction of sp³-hybridized carbons (Fsp3) is 0.381. The molecule has 0 saturated carbocycles. The van der Waals surface area contributed by atoms with Gasteiger partial charge in [0.2, 0.25) is 5.91 Å². The van der Waals surface area contributed by atoms with Gasteiger partial charge in [0.05, 0.1) is 6.04 Å². The minimum absolute atomic E-state index is 0. The Morgan fingerprint density at radius 1 is 1.08 bits per heavy atom. The van der Waals surface area contributed by atoms with Gasteiger partial charge < -0.3 is 10.6 Å². The van der Waals surface area contributed by atoms with E-state index in [1.807, 2.05) is 54.6 Å². The number of halogens is 2. The molecule has 0 aliphatic carbocycles. The lowest BCUT2D eigenvalue weighted by Crippen LogP contribution is -2.31. The first-order valence-electron chi connectivity index (χ1n) is 9.03. The average molecular weight is 393 g/mol. The van der Waals surface area contributed by atoms with Crippen molar-refractivity contribution in [3.8, 4) is 0 Å². The molecular formula is C21H26Cl2N2O. The van der Waals surface area contributed by atoms with Crippen LogP contribution in [0, 0.1) is 5.92 Å². The normalized spacial score (nSPS) is 15.7. The lowest BCUT2D eigenvalue weighted by molar-refractivity contribution is -0.121. The van der Waals surface area contributed by atoms with Gasteiger partial charge in [-0.25, -0.2) is 0 Å². The molecule has 0 spiro atoms. The van der Waals surface area contributed by atoms with Crippen molar-refractivity contribution in [3.63, 3.8) is 0 Å². The molecule has 5 heteroatoms. The fourth-order valence-corrected chi connectivity index (χ4v) is 3.63. The Labute approximate surface area is 166 Å². The first-order valence-corrected chi connectivity index (χ1v) is 9.40. The van der Waals surface area contributed by atoms with Crippen LogP contribution in [-0.2, 0) is 4.79 Å². The second-order valence-electron chi connectivity index (χ2n) is 6.70. The Balaban J connectivity index is 0.00000243. The van der Waals surface area contributed by atoms with Crippen molar-refractivity contribution in [2.45, 2.75) is 31.7 Å². The highest BCUT2D eigenvalue weighted by Crippen LogP contribution is 2.25. The molecule has 2 aromatic carbocycles. The maximum absolute atomic E-state index is 12.6. The molecule has 140 valence electrons. The van der Waals surface area contributed by atoms with Crippen LogP contribution in [0.4, 0.5) is 0 Å². The number of rotatable bonds is 6. The summed E-state index contributed by atoms with van der Waals surface area (Å²) < 4.78 is 0. The predicted molar refractivity (Wildman–Crippen MR) is 110 cm³/mol. The Bertz CT molecular complexity index is 687. The third-order valence-corrected chi connectivity index (χ3v) is 5.09. The topological polar surface area (TPSA) is 41.1 Å². The molecule has 3 rings (SSSR count). The smallest absolute Gasteiger partial charge is 0.220 e. The largest absolute Gasteiger partial charge is 0.345 e. The van der Waals surface area contributed by atoms with Gasteiger partial charge in [-0.15, -0.1) is 12.4 Å². The van der Waals surface area contributed by atoms with E-state index in [4.69, 9.17) is 11.6 Å². The highest BCUT2D eigenvalue weighted by molar-refractivity contribution is 6.30. The molecule has 1 heterocycles. The first-order chi connectivity index (χ1) is 12.2. The molecule has 1 aliphatic heterocycles. The van der Waals surface area contributed by atoms with E-state index in [9.17, 15) is 4.79 Å². The molecule has 0 bridgehead atoms.